The molecule has 0 aliphatic rings. The first kappa shape index (κ1) is 12.1. The van der Waals surface area contributed by atoms with Crippen molar-refractivity contribution in [3.05, 3.63) is 53.7 Å². The summed E-state index contributed by atoms with van der Waals surface area (Å²) in [5, 5.41) is 2.75. The van der Waals surface area contributed by atoms with Gasteiger partial charge in [-0.1, -0.05) is 18.2 Å². The van der Waals surface area contributed by atoms with Gasteiger partial charge in [-0.25, -0.2) is 4.98 Å². The van der Waals surface area contributed by atoms with Gasteiger partial charge >= 0.3 is 0 Å². The van der Waals surface area contributed by atoms with Crippen LogP contribution in [0.25, 0.3) is 0 Å². The van der Waals surface area contributed by atoms with E-state index in [4.69, 9.17) is 5.73 Å². The number of nitrogens with zero attached hydrogens (tertiary/aromatic N) is 1. The maximum Gasteiger partial charge on any atom is 0.229 e. The Kier molecular flexibility index (Phi) is 3.57. The summed E-state index contributed by atoms with van der Waals surface area (Å²) in [6.45, 7) is 1.95. The van der Waals surface area contributed by atoms with Gasteiger partial charge in [0.15, 0.2) is 0 Å². The highest BCUT2D eigenvalue weighted by molar-refractivity contribution is 5.91. The summed E-state index contributed by atoms with van der Waals surface area (Å²) in [4.78, 5) is 15.9. The van der Waals surface area contributed by atoms with Crippen molar-refractivity contribution in [3.63, 3.8) is 0 Å². The second kappa shape index (κ2) is 5.31. The van der Waals surface area contributed by atoms with Crippen LogP contribution in [0.15, 0.2) is 42.6 Å². The Balaban J connectivity index is 1.96. The molecule has 0 bridgehead atoms. The summed E-state index contributed by atoms with van der Waals surface area (Å²) in [5.41, 5.74) is 8.26. The summed E-state index contributed by atoms with van der Waals surface area (Å²) in [6, 6.07) is 11.0. The van der Waals surface area contributed by atoms with Gasteiger partial charge in [0.2, 0.25) is 5.91 Å². The lowest BCUT2D eigenvalue weighted by Gasteiger charge is -2.05. The van der Waals surface area contributed by atoms with Crippen molar-refractivity contribution in [2.24, 2.45) is 0 Å². The number of aromatic nitrogens is 1. The van der Waals surface area contributed by atoms with Gasteiger partial charge in [0.1, 0.15) is 5.82 Å². The fraction of sp³-hybridized carbons (Fsp3) is 0.143. The number of hydrogen-bond donors (Lipinski definition) is 2. The number of nitrogen functional groups attached to an aromatic ring is 1. The minimum absolute atomic E-state index is 0.0869. The second-order valence-corrected chi connectivity index (χ2v) is 4.19. The number of amides is 1. The van der Waals surface area contributed by atoms with E-state index < -0.39 is 0 Å². The van der Waals surface area contributed by atoms with Gasteiger partial charge in [-0.15, -0.1) is 0 Å². The van der Waals surface area contributed by atoms with Gasteiger partial charge in [0.05, 0.1) is 6.42 Å². The summed E-state index contributed by atoms with van der Waals surface area (Å²) in [7, 11) is 0. The van der Waals surface area contributed by atoms with Gasteiger partial charge in [0, 0.05) is 11.9 Å². The molecule has 18 heavy (non-hydrogen) atoms. The topological polar surface area (TPSA) is 68.0 Å². The highest BCUT2D eigenvalue weighted by Gasteiger charge is 2.04. The van der Waals surface area contributed by atoms with Crippen LogP contribution in [0.2, 0.25) is 0 Å². The standard InChI is InChI=1S/C14H15N3O/c1-10-2-7-13(16-9-10)17-14(18)8-11-3-5-12(15)6-4-11/h2-7,9H,8,15H2,1H3,(H,16,17,18). The lowest BCUT2D eigenvalue weighted by molar-refractivity contribution is -0.115. The predicted molar refractivity (Wildman–Crippen MR) is 72.2 cm³/mol. The number of pyridine rings is 1. The molecular formula is C14H15N3O. The van der Waals surface area contributed by atoms with Crippen molar-refractivity contribution in [3.8, 4) is 0 Å². The Bertz CT molecular complexity index is 482. The average molecular weight is 241 g/mol. The third-order valence-electron chi connectivity index (χ3n) is 2.52. The number of aryl methyl sites for hydroxylation is 1. The average Bonchev–Trinajstić information content (AvgIpc) is 2.35. The monoisotopic (exact) mass is 241 g/mol. The molecule has 2 aromatic rings. The van der Waals surface area contributed by atoms with Crippen LogP contribution >= 0.6 is 0 Å². The van der Waals surface area contributed by atoms with Crippen LogP contribution < -0.4 is 11.1 Å². The molecule has 4 nitrogen and oxygen atoms in total. The van der Waals surface area contributed by atoms with Gasteiger partial charge in [-0.3, -0.25) is 4.79 Å². The van der Waals surface area contributed by atoms with Gasteiger partial charge in [-0.05, 0) is 36.2 Å². The van der Waals surface area contributed by atoms with Gasteiger partial charge < -0.3 is 11.1 Å². The normalized spacial score (nSPS) is 10.1. The van der Waals surface area contributed by atoms with Crippen molar-refractivity contribution in [2.45, 2.75) is 13.3 Å². The van der Waals surface area contributed by atoms with Crippen molar-refractivity contribution in [1.82, 2.24) is 4.98 Å². The molecule has 0 atom stereocenters. The Morgan fingerprint density at radius 3 is 2.56 bits per heavy atom. The smallest absolute Gasteiger partial charge is 0.229 e. The molecule has 92 valence electrons. The minimum atomic E-state index is -0.0869. The van der Waals surface area contributed by atoms with Crippen molar-refractivity contribution in [1.29, 1.82) is 0 Å². The quantitative estimate of drug-likeness (QED) is 0.809. The largest absolute Gasteiger partial charge is 0.399 e. The molecule has 4 heteroatoms. The first-order valence-electron chi connectivity index (χ1n) is 5.70. The van der Waals surface area contributed by atoms with Gasteiger partial charge in [-0.2, -0.15) is 0 Å². The van der Waals surface area contributed by atoms with E-state index in [0.29, 0.717) is 17.9 Å². The number of anilines is 2. The van der Waals surface area contributed by atoms with Crippen LogP contribution in [0.3, 0.4) is 0 Å². The number of carbonyl (C=O) groups is 1. The first-order valence-corrected chi connectivity index (χ1v) is 5.70. The third-order valence-corrected chi connectivity index (χ3v) is 2.52. The highest BCUT2D eigenvalue weighted by Crippen LogP contribution is 2.08. The molecule has 0 fully saturated rings. The molecule has 0 aliphatic heterocycles. The maximum absolute atomic E-state index is 11.8. The van der Waals surface area contributed by atoms with Gasteiger partial charge in [0.25, 0.3) is 0 Å². The van der Waals surface area contributed by atoms with E-state index in [0.717, 1.165) is 11.1 Å². The van der Waals surface area contributed by atoms with E-state index in [2.05, 4.69) is 10.3 Å². The number of nitrogens with one attached hydrogen (secondary N) is 1. The molecule has 1 aromatic carbocycles. The number of carbonyl (C=O) groups excluding carboxylic acids is 1. The van der Waals surface area contributed by atoms with Crippen molar-refractivity contribution >= 4 is 17.4 Å². The van der Waals surface area contributed by atoms with Crippen LogP contribution in [0.1, 0.15) is 11.1 Å². The zero-order valence-corrected chi connectivity index (χ0v) is 10.2. The Morgan fingerprint density at radius 1 is 1.22 bits per heavy atom. The fourth-order valence-electron chi connectivity index (χ4n) is 1.55. The predicted octanol–water partition coefficient (Wildman–Crippen LogP) is 2.15. The Hall–Kier alpha value is -2.36. The van der Waals surface area contributed by atoms with Crippen LogP contribution in [0.4, 0.5) is 11.5 Å². The second-order valence-electron chi connectivity index (χ2n) is 4.19. The molecule has 2 rings (SSSR count). The maximum atomic E-state index is 11.8. The van der Waals surface area contributed by atoms with Crippen molar-refractivity contribution in [2.75, 3.05) is 11.1 Å². The van der Waals surface area contributed by atoms with Crippen LogP contribution in [-0.4, -0.2) is 10.9 Å². The summed E-state index contributed by atoms with van der Waals surface area (Å²) < 4.78 is 0. The highest BCUT2D eigenvalue weighted by atomic mass is 16.1. The van der Waals surface area contributed by atoms with E-state index in [-0.39, 0.29) is 5.91 Å². The molecule has 1 aromatic heterocycles. The van der Waals surface area contributed by atoms with Crippen molar-refractivity contribution < 1.29 is 4.79 Å². The Morgan fingerprint density at radius 2 is 1.94 bits per heavy atom. The Labute approximate surface area is 106 Å². The third kappa shape index (κ3) is 3.31. The summed E-state index contributed by atoms with van der Waals surface area (Å²) in [6.07, 6.45) is 2.04. The van der Waals surface area contributed by atoms with E-state index in [9.17, 15) is 4.79 Å². The molecule has 0 unspecified atom stereocenters. The van der Waals surface area contributed by atoms with Crippen LogP contribution in [0.5, 0.6) is 0 Å². The van der Waals surface area contributed by atoms with E-state index >= 15 is 0 Å². The molecule has 0 spiro atoms. The SMILES string of the molecule is Cc1ccc(NC(=O)Cc2ccc(N)cc2)nc1. The summed E-state index contributed by atoms with van der Waals surface area (Å²) >= 11 is 0. The van der Waals surface area contributed by atoms with E-state index in [1.54, 1.807) is 24.4 Å². The van der Waals surface area contributed by atoms with E-state index in [1.807, 2.05) is 25.1 Å². The fourth-order valence-corrected chi connectivity index (χ4v) is 1.55. The molecule has 1 heterocycles. The number of hydrogen-bond acceptors (Lipinski definition) is 3. The summed E-state index contributed by atoms with van der Waals surface area (Å²) in [5.74, 6) is 0.483. The molecule has 0 aliphatic carbocycles. The van der Waals surface area contributed by atoms with Crippen LogP contribution in [-0.2, 0) is 11.2 Å². The number of nitrogens with two attached hydrogens (primary N) is 1. The number of rotatable bonds is 3. The molecule has 3 N–H and O–H groups in total. The minimum Gasteiger partial charge on any atom is -0.399 e. The molecule has 0 saturated heterocycles. The zero-order valence-electron chi connectivity index (χ0n) is 10.2. The van der Waals surface area contributed by atoms with E-state index in [1.165, 1.54) is 0 Å². The first-order chi connectivity index (χ1) is 8.63. The molecule has 1 amide bonds. The van der Waals surface area contributed by atoms with Crippen LogP contribution in [0, 0.1) is 6.92 Å². The lowest BCUT2D eigenvalue weighted by Crippen LogP contribution is -2.15. The number of benzene rings is 1. The molecule has 0 radical (unpaired) electrons. The molecular weight excluding hydrogens is 226 g/mol. The molecule has 0 saturated carbocycles. The zero-order chi connectivity index (χ0) is 13.0. The lowest BCUT2D eigenvalue weighted by atomic mass is 10.1.